The summed E-state index contributed by atoms with van der Waals surface area (Å²) >= 11 is 0. The van der Waals surface area contributed by atoms with Gasteiger partial charge in [0.2, 0.25) is 15.9 Å². The smallest absolute Gasteiger partial charge is 0.236 e. The van der Waals surface area contributed by atoms with Crippen molar-refractivity contribution in [1.29, 1.82) is 0 Å². The third-order valence-corrected chi connectivity index (χ3v) is 3.88. The predicted molar refractivity (Wildman–Crippen MR) is 61.2 cm³/mol. The number of carbonyl (C=O) groups is 1. The summed E-state index contributed by atoms with van der Waals surface area (Å²) in [7, 11) is -3.16. The minimum Gasteiger partial charge on any atom is -0.351 e. The van der Waals surface area contributed by atoms with Crippen molar-refractivity contribution >= 4 is 15.9 Å². The van der Waals surface area contributed by atoms with Gasteiger partial charge < -0.3 is 11.1 Å². The second-order valence-electron chi connectivity index (χ2n) is 4.26. The number of piperidine rings is 1. The molecule has 3 N–H and O–H groups in total. The van der Waals surface area contributed by atoms with Crippen LogP contribution in [0, 0.1) is 0 Å². The van der Waals surface area contributed by atoms with E-state index < -0.39 is 16.1 Å². The van der Waals surface area contributed by atoms with E-state index in [4.69, 9.17) is 5.73 Å². The Hall–Kier alpha value is -0.660. The highest BCUT2D eigenvalue weighted by Crippen LogP contribution is 2.12. The number of amides is 1. The fraction of sp³-hybridized carbons (Fsp3) is 0.889. The van der Waals surface area contributed by atoms with E-state index in [1.165, 1.54) is 10.6 Å². The van der Waals surface area contributed by atoms with Crippen LogP contribution in [0.25, 0.3) is 0 Å². The Balaban J connectivity index is 2.55. The summed E-state index contributed by atoms with van der Waals surface area (Å²) in [4.78, 5) is 11.4. The van der Waals surface area contributed by atoms with E-state index in [2.05, 4.69) is 5.32 Å². The summed E-state index contributed by atoms with van der Waals surface area (Å²) in [6, 6.07) is -0.685. The molecular weight excluding hydrogens is 230 g/mol. The zero-order valence-electron chi connectivity index (χ0n) is 9.64. The van der Waals surface area contributed by atoms with Gasteiger partial charge in [0.1, 0.15) is 0 Å². The van der Waals surface area contributed by atoms with Gasteiger partial charge in [-0.1, -0.05) is 0 Å². The van der Waals surface area contributed by atoms with E-state index in [0.717, 1.165) is 12.8 Å². The molecule has 0 aromatic carbocycles. The van der Waals surface area contributed by atoms with Crippen molar-refractivity contribution < 1.29 is 13.2 Å². The summed E-state index contributed by atoms with van der Waals surface area (Å²) in [6.07, 6.45) is 2.74. The molecule has 7 heteroatoms. The summed E-state index contributed by atoms with van der Waals surface area (Å²) in [5.41, 5.74) is 5.43. The lowest BCUT2D eigenvalue weighted by molar-refractivity contribution is -0.122. The summed E-state index contributed by atoms with van der Waals surface area (Å²) in [5.74, 6) is -0.236. The molecule has 0 aromatic rings. The molecule has 94 valence electrons. The first-order valence-corrected chi connectivity index (χ1v) is 7.16. The highest BCUT2D eigenvalue weighted by Gasteiger charge is 2.27. The van der Waals surface area contributed by atoms with Crippen LogP contribution in [0.15, 0.2) is 0 Å². The lowest BCUT2D eigenvalue weighted by Crippen LogP contribution is -2.52. The van der Waals surface area contributed by atoms with Gasteiger partial charge in [-0.2, -0.15) is 0 Å². The van der Waals surface area contributed by atoms with Crippen LogP contribution in [-0.2, 0) is 14.8 Å². The number of hydrogen-bond donors (Lipinski definition) is 2. The highest BCUT2D eigenvalue weighted by molar-refractivity contribution is 7.88. The molecule has 1 saturated heterocycles. The first-order valence-electron chi connectivity index (χ1n) is 5.32. The zero-order chi connectivity index (χ0) is 12.3. The second kappa shape index (κ2) is 5.11. The standard InChI is InChI=1S/C9H19N3O3S/c1-7(10)9(13)11-8-4-3-5-12(6-8)16(2,14)15/h7-8H,3-6,10H2,1-2H3,(H,11,13)/t7-,8?/m1/s1. The molecule has 0 spiro atoms. The molecule has 1 unspecified atom stereocenters. The van der Waals surface area contributed by atoms with E-state index in [9.17, 15) is 13.2 Å². The van der Waals surface area contributed by atoms with Crippen molar-refractivity contribution in [1.82, 2.24) is 9.62 Å². The first-order chi connectivity index (χ1) is 7.30. The molecule has 0 radical (unpaired) electrons. The first kappa shape index (κ1) is 13.4. The Kier molecular flexibility index (Phi) is 4.28. The summed E-state index contributed by atoms with van der Waals surface area (Å²) in [6.45, 7) is 2.48. The van der Waals surface area contributed by atoms with Gasteiger partial charge in [0.15, 0.2) is 0 Å². The maximum absolute atomic E-state index is 11.4. The lowest BCUT2D eigenvalue weighted by atomic mass is 10.1. The average Bonchev–Trinajstić information content (AvgIpc) is 2.16. The van der Waals surface area contributed by atoms with Crippen molar-refractivity contribution in [3.8, 4) is 0 Å². The van der Waals surface area contributed by atoms with Crippen LogP contribution in [0.3, 0.4) is 0 Å². The molecule has 16 heavy (non-hydrogen) atoms. The fourth-order valence-electron chi connectivity index (χ4n) is 1.69. The van der Waals surface area contributed by atoms with Gasteiger partial charge in [0.25, 0.3) is 0 Å². The molecule has 0 bridgehead atoms. The highest BCUT2D eigenvalue weighted by atomic mass is 32.2. The van der Waals surface area contributed by atoms with Gasteiger partial charge >= 0.3 is 0 Å². The fourth-order valence-corrected chi connectivity index (χ4v) is 2.61. The van der Waals surface area contributed by atoms with Gasteiger partial charge in [0.05, 0.1) is 12.3 Å². The minimum absolute atomic E-state index is 0.123. The Morgan fingerprint density at radius 2 is 2.19 bits per heavy atom. The lowest BCUT2D eigenvalue weighted by Gasteiger charge is -2.31. The number of sulfonamides is 1. The topological polar surface area (TPSA) is 92.5 Å². The Bertz CT molecular complexity index is 353. The number of hydrogen-bond acceptors (Lipinski definition) is 4. The Morgan fingerprint density at radius 1 is 1.56 bits per heavy atom. The monoisotopic (exact) mass is 249 g/mol. The van der Waals surface area contributed by atoms with Crippen LogP contribution in [0.2, 0.25) is 0 Å². The van der Waals surface area contributed by atoms with E-state index in [-0.39, 0.29) is 11.9 Å². The molecule has 1 amide bonds. The third kappa shape index (κ3) is 3.73. The number of nitrogens with zero attached hydrogens (tertiary/aromatic N) is 1. The Labute approximate surface area is 96.2 Å². The maximum atomic E-state index is 11.4. The van der Waals surface area contributed by atoms with Crippen LogP contribution in [0.1, 0.15) is 19.8 Å². The summed E-state index contributed by atoms with van der Waals surface area (Å²) < 4.78 is 24.1. The predicted octanol–water partition coefficient (Wildman–Crippen LogP) is -1.13. The molecule has 0 aromatic heterocycles. The van der Waals surface area contributed by atoms with E-state index in [1.54, 1.807) is 6.92 Å². The van der Waals surface area contributed by atoms with Crippen LogP contribution >= 0.6 is 0 Å². The Morgan fingerprint density at radius 3 is 2.69 bits per heavy atom. The molecule has 1 fully saturated rings. The molecule has 1 aliphatic heterocycles. The van der Waals surface area contributed by atoms with E-state index in [1.807, 2.05) is 0 Å². The SMILES string of the molecule is C[C@@H](N)C(=O)NC1CCCN(S(C)(=O)=O)C1. The van der Waals surface area contributed by atoms with Gasteiger partial charge in [-0.05, 0) is 19.8 Å². The quantitative estimate of drug-likeness (QED) is 0.662. The van der Waals surface area contributed by atoms with Gasteiger partial charge in [-0.3, -0.25) is 4.79 Å². The molecule has 6 nitrogen and oxygen atoms in total. The average molecular weight is 249 g/mol. The minimum atomic E-state index is -3.16. The largest absolute Gasteiger partial charge is 0.351 e. The second-order valence-corrected chi connectivity index (χ2v) is 6.24. The van der Waals surface area contributed by atoms with Crippen LogP contribution < -0.4 is 11.1 Å². The van der Waals surface area contributed by atoms with Crippen LogP contribution in [0.4, 0.5) is 0 Å². The van der Waals surface area contributed by atoms with E-state index in [0.29, 0.717) is 13.1 Å². The molecule has 0 aliphatic carbocycles. The summed E-state index contributed by atoms with van der Waals surface area (Å²) in [5, 5.41) is 2.75. The molecule has 2 atom stereocenters. The number of nitrogens with one attached hydrogen (secondary N) is 1. The zero-order valence-corrected chi connectivity index (χ0v) is 10.5. The van der Waals surface area contributed by atoms with Crippen molar-refractivity contribution in [3.05, 3.63) is 0 Å². The van der Waals surface area contributed by atoms with Crippen molar-refractivity contribution in [2.45, 2.75) is 31.8 Å². The van der Waals surface area contributed by atoms with Crippen LogP contribution in [-0.4, -0.2) is 50.1 Å². The normalized spacial score (nSPS) is 25.1. The van der Waals surface area contributed by atoms with Crippen LogP contribution in [0.5, 0.6) is 0 Å². The molecule has 1 rings (SSSR count). The number of rotatable bonds is 3. The van der Waals surface area contributed by atoms with E-state index >= 15 is 0 Å². The van der Waals surface area contributed by atoms with Crippen molar-refractivity contribution in [2.75, 3.05) is 19.3 Å². The molecule has 0 saturated carbocycles. The third-order valence-electron chi connectivity index (χ3n) is 2.61. The molecule has 1 heterocycles. The number of nitrogens with two attached hydrogens (primary N) is 1. The molecule has 1 aliphatic rings. The molecular formula is C9H19N3O3S. The van der Waals surface area contributed by atoms with Crippen molar-refractivity contribution in [3.63, 3.8) is 0 Å². The number of carbonyl (C=O) groups excluding carboxylic acids is 1. The van der Waals surface area contributed by atoms with Gasteiger partial charge in [-0.25, -0.2) is 12.7 Å². The van der Waals surface area contributed by atoms with Crippen molar-refractivity contribution in [2.24, 2.45) is 5.73 Å². The maximum Gasteiger partial charge on any atom is 0.236 e. The van der Waals surface area contributed by atoms with Gasteiger partial charge in [-0.15, -0.1) is 0 Å². The van der Waals surface area contributed by atoms with Gasteiger partial charge in [0, 0.05) is 19.1 Å².